The molecule has 1 rings (SSSR count). The zero-order valence-electron chi connectivity index (χ0n) is 5.77. The topological polar surface area (TPSA) is 55.1 Å². The molecule has 0 aromatic carbocycles. The van der Waals surface area contributed by atoms with Gasteiger partial charge in [-0.2, -0.15) is 0 Å². The molecule has 0 bridgehead atoms. The summed E-state index contributed by atoms with van der Waals surface area (Å²) in [7, 11) is 0. The Labute approximate surface area is 54.6 Å². The van der Waals surface area contributed by atoms with Crippen molar-refractivity contribution in [3.63, 3.8) is 0 Å². The van der Waals surface area contributed by atoms with Crippen molar-refractivity contribution >= 4 is 5.91 Å². The number of nitrogens with two attached hydrogens (primary N) is 1. The number of hydrazine groups is 1. The van der Waals surface area contributed by atoms with Crippen molar-refractivity contribution in [1.82, 2.24) is 5.43 Å². The third-order valence-electron chi connectivity index (χ3n) is 1.97. The molecule has 1 fully saturated rings. The highest BCUT2D eigenvalue weighted by Gasteiger charge is 2.50. The van der Waals surface area contributed by atoms with Crippen LogP contribution in [0.25, 0.3) is 0 Å². The molecule has 0 aromatic rings. The Morgan fingerprint density at radius 1 is 1.78 bits per heavy atom. The zero-order valence-corrected chi connectivity index (χ0v) is 5.77. The highest BCUT2D eigenvalue weighted by atomic mass is 16.2. The summed E-state index contributed by atoms with van der Waals surface area (Å²) in [5, 5.41) is 0. The molecule has 3 nitrogen and oxygen atoms in total. The highest BCUT2D eigenvalue weighted by molar-refractivity contribution is 5.81. The summed E-state index contributed by atoms with van der Waals surface area (Å²) in [6.45, 7) is 4.12. The van der Waals surface area contributed by atoms with Gasteiger partial charge in [0.15, 0.2) is 0 Å². The molecule has 0 aromatic heterocycles. The van der Waals surface area contributed by atoms with Gasteiger partial charge in [-0.1, -0.05) is 13.8 Å². The van der Waals surface area contributed by atoms with E-state index in [1.807, 2.05) is 0 Å². The molecule has 1 saturated carbocycles. The molecule has 1 atom stereocenters. The average molecular weight is 128 g/mol. The van der Waals surface area contributed by atoms with E-state index in [2.05, 4.69) is 19.3 Å². The fraction of sp³-hybridized carbons (Fsp3) is 0.833. The van der Waals surface area contributed by atoms with Gasteiger partial charge < -0.3 is 0 Å². The van der Waals surface area contributed by atoms with Crippen molar-refractivity contribution in [2.45, 2.75) is 20.3 Å². The van der Waals surface area contributed by atoms with E-state index in [9.17, 15) is 4.79 Å². The molecular formula is C6H12N2O. The van der Waals surface area contributed by atoms with E-state index in [1.54, 1.807) is 0 Å². The number of rotatable bonds is 1. The van der Waals surface area contributed by atoms with Crippen LogP contribution in [0.3, 0.4) is 0 Å². The minimum atomic E-state index is -0.0278. The van der Waals surface area contributed by atoms with Crippen molar-refractivity contribution in [2.24, 2.45) is 17.2 Å². The Bertz CT molecular complexity index is 142. The van der Waals surface area contributed by atoms with Gasteiger partial charge in [0.05, 0.1) is 0 Å². The van der Waals surface area contributed by atoms with E-state index in [-0.39, 0.29) is 17.2 Å². The van der Waals surface area contributed by atoms with Crippen LogP contribution >= 0.6 is 0 Å². The monoisotopic (exact) mass is 128 g/mol. The summed E-state index contributed by atoms with van der Waals surface area (Å²) in [4.78, 5) is 10.8. The fourth-order valence-corrected chi connectivity index (χ4v) is 1.02. The van der Waals surface area contributed by atoms with Gasteiger partial charge in [-0.05, 0) is 11.8 Å². The second-order valence-electron chi connectivity index (χ2n) is 3.25. The van der Waals surface area contributed by atoms with E-state index >= 15 is 0 Å². The summed E-state index contributed by atoms with van der Waals surface area (Å²) in [6, 6.07) is 0. The number of nitrogens with one attached hydrogen (secondary N) is 1. The standard InChI is InChI=1S/C6H12N2O/c1-6(2)3-4(6)5(9)8-7/h4H,3,7H2,1-2H3,(H,8,9). The third kappa shape index (κ3) is 1.05. The second kappa shape index (κ2) is 1.70. The lowest BCUT2D eigenvalue weighted by atomic mass is 10.1. The van der Waals surface area contributed by atoms with Gasteiger partial charge in [-0.15, -0.1) is 0 Å². The smallest absolute Gasteiger partial charge is 0.237 e. The number of carbonyl (C=O) groups excluding carboxylic acids is 1. The Balaban J connectivity index is 2.42. The van der Waals surface area contributed by atoms with E-state index < -0.39 is 0 Å². The first-order chi connectivity index (χ1) is 4.08. The van der Waals surface area contributed by atoms with Gasteiger partial charge in [0.25, 0.3) is 0 Å². The predicted octanol–water partition coefficient (Wildman–Crippen LogP) is 0.0224. The normalized spacial score (nSPS) is 29.4. The van der Waals surface area contributed by atoms with Gasteiger partial charge in [0.1, 0.15) is 0 Å². The van der Waals surface area contributed by atoms with Gasteiger partial charge in [0, 0.05) is 5.92 Å². The summed E-state index contributed by atoms with van der Waals surface area (Å²) >= 11 is 0. The van der Waals surface area contributed by atoms with E-state index in [1.165, 1.54) is 0 Å². The van der Waals surface area contributed by atoms with Crippen LogP contribution in [0.15, 0.2) is 0 Å². The first-order valence-corrected chi connectivity index (χ1v) is 3.08. The van der Waals surface area contributed by atoms with Gasteiger partial charge in [-0.25, -0.2) is 5.84 Å². The maximum atomic E-state index is 10.8. The molecule has 0 saturated heterocycles. The first-order valence-electron chi connectivity index (χ1n) is 3.08. The summed E-state index contributed by atoms with van der Waals surface area (Å²) < 4.78 is 0. The summed E-state index contributed by atoms with van der Waals surface area (Å²) in [5.74, 6) is 5.06. The molecule has 0 spiro atoms. The molecule has 0 aliphatic heterocycles. The minimum Gasteiger partial charge on any atom is -0.294 e. The first kappa shape index (κ1) is 6.55. The molecule has 1 aliphatic carbocycles. The van der Waals surface area contributed by atoms with Crippen molar-refractivity contribution in [3.05, 3.63) is 0 Å². The lowest BCUT2D eigenvalue weighted by Crippen LogP contribution is -2.32. The lowest BCUT2D eigenvalue weighted by molar-refractivity contribution is -0.123. The van der Waals surface area contributed by atoms with Crippen LogP contribution in [0.2, 0.25) is 0 Å². The Kier molecular flexibility index (Phi) is 1.24. The Morgan fingerprint density at radius 3 is 2.33 bits per heavy atom. The van der Waals surface area contributed by atoms with Gasteiger partial charge in [-0.3, -0.25) is 10.2 Å². The molecule has 9 heavy (non-hydrogen) atoms. The van der Waals surface area contributed by atoms with Crippen LogP contribution in [0.5, 0.6) is 0 Å². The maximum Gasteiger partial charge on any atom is 0.237 e. The van der Waals surface area contributed by atoms with Gasteiger partial charge in [0.2, 0.25) is 5.91 Å². The number of hydrogen-bond donors (Lipinski definition) is 2. The van der Waals surface area contributed by atoms with Crippen molar-refractivity contribution in [2.75, 3.05) is 0 Å². The molecule has 1 unspecified atom stereocenters. The van der Waals surface area contributed by atoms with Crippen molar-refractivity contribution in [3.8, 4) is 0 Å². The fourth-order valence-electron chi connectivity index (χ4n) is 1.02. The zero-order chi connectivity index (χ0) is 7.07. The van der Waals surface area contributed by atoms with Crippen LogP contribution in [-0.4, -0.2) is 5.91 Å². The third-order valence-corrected chi connectivity index (χ3v) is 1.97. The van der Waals surface area contributed by atoms with Crippen LogP contribution in [0.1, 0.15) is 20.3 Å². The number of hydrogen-bond acceptors (Lipinski definition) is 2. The predicted molar refractivity (Wildman–Crippen MR) is 34.2 cm³/mol. The second-order valence-corrected chi connectivity index (χ2v) is 3.25. The van der Waals surface area contributed by atoms with Crippen molar-refractivity contribution < 1.29 is 4.79 Å². The molecule has 3 N–H and O–H groups in total. The van der Waals surface area contributed by atoms with Crippen molar-refractivity contribution in [1.29, 1.82) is 0 Å². The van der Waals surface area contributed by atoms with Crippen LogP contribution in [0, 0.1) is 11.3 Å². The molecule has 3 heteroatoms. The average Bonchev–Trinajstić information content (AvgIpc) is 2.38. The van der Waals surface area contributed by atoms with Gasteiger partial charge >= 0.3 is 0 Å². The Morgan fingerprint density at radius 2 is 2.22 bits per heavy atom. The molecule has 52 valence electrons. The van der Waals surface area contributed by atoms with E-state index in [0.29, 0.717) is 0 Å². The van der Waals surface area contributed by atoms with Crippen LogP contribution in [0.4, 0.5) is 0 Å². The van der Waals surface area contributed by atoms with Crippen LogP contribution < -0.4 is 11.3 Å². The molecule has 1 amide bonds. The lowest BCUT2D eigenvalue weighted by Gasteiger charge is -1.99. The molecular weight excluding hydrogens is 116 g/mol. The largest absolute Gasteiger partial charge is 0.294 e. The Hall–Kier alpha value is -0.570. The molecule has 1 aliphatic rings. The number of amides is 1. The SMILES string of the molecule is CC1(C)CC1C(=O)NN. The summed E-state index contributed by atoms with van der Waals surface area (Å²) in [5.41, 5.74) is 2.34. The summed E-state index contributed by atoms with van der Waals surface area (Å²) in [6.07, 6.45) is 0.968. The van der Waals surface area contributed by atoms with Crippen LogP contribution in [-0.2, 0) is 4.79 Å². The number of carbonyl (C=O) groups is 1. The molecule has 0 heterocycles. The van der Waals surface area contributed by atoms with E-state index in [4.69, 9.17) is 5.84 Å². The quantitative estimate of drug-likeness (QED) is 0.297. The minimum absolute atomic E-state index is 0.0278. The maximum absolute atomic E-state index is 10.8. The van der Waals surface area contributed by atoms with E-state index in [0.717, 1.165) is 6.42 Å². The highest BCUT2D eigenvalue weighted by Crippen LogP contribution is 2.51. The molecule has 0 radical (unpaired) electrons.